The molecule has 0 heterocycles. The zero-order valence-electron chi connectivity index (χ0n) is 10.1. The van der Waals surface area contributed by atoms with Crippen LogP contribution in [0.3, 0.4) is 0 Å². The van der Waals surface area contributed by atoms with Gasteiger partial charge < -0.3 is 25.2 Å². The van der Waals surface area contributed by atoms with Crippen molar-refractivity contribution in [3.63, 3.8) is 0 Å². The van der Waals surface area contributed by atoms with E-state index in [1.807, 2.05) is 0 Å². The molecule has 0 fully saturated rings. The third kappa shape index (κ3) is 4.43. The number of carbonyl (C=O) groups excluding carboxylic acids is 1. The van der Waals surface area contributed by atoms with E-state index in [1.54, 1.807) is 13.8 Å². The van der Waals surface area contributed by atoms with Gasteiger partial charge in [0.2, 0.25) is 0 Å². The quantitative estimate of drug-likeness (QED) is 0.334. The van der Waals surface area contributed by atoms with Gasteiger partial charge in [0, 0.05) is 0 Å². The van der Waals surface area contributed by atoms with Crippen molar-refractivity contribution in [1.29, 1.82) is 0 Å². The molecule has 0 rings (SSSR count). The maximum atomic E-state index is 11.5. The summed E-state index contributed by atoms with van der Waals surface area (Å²) in [6.07, 6.45) is 0. The van der Waals surface area contributed by atoms with Crippen LogP contribution in [0.1, 0.15) is 13.8 Å². The highest BCUT2D eigenvalue weighted by molar-refractivity contribution is 5.89. The fourth-order valence-corrected chi connectivity index (χ4v) is 1.02. The van der Waals surface area contributed by atoms with Crippen molar-refractivity contribution in [2.75, 3.05) is 33.0 Å². The van der Waals surface area contributed by atoms with E-state index in [0.717, 1.165) is 0 Å². The summed E-state index contributed by atoms with van der Waals surface area (Å²) in [6, 6.07) is 0. The van der Waals surface area contributed by atoms with Crippen molar-refractivity contribution in [3.05, 3.63) is 11.1 Å². The number of hydrogen-bond donors (Lipinski definition) is 4. The van der Waals surface area contributed by atoms with Crippen LogP contribution >= 0.6 is 0 Å². The summed E-state index contributed by atoms with van der Waals surface area (Å²) < 4.78 is 4.86. The molecule has 0 aromatic heterocycles. The number of hydrogen-bond acceptors (Lipinski definition) is 6. The third-order valence-corrected chi connectivity index (χ3v) is 2.52. The molecule has 0 aliphatic rings. The van der Waals surface area contributed by atoms with Gasteiger partial charge in [0.15, 0.2) is 0 Å². The molecule has 17 heavy (non-hydrogen) atoms. The van der Waals surface area contributed by atoms with Gasteiger partial charge in [0.25, 0.3) is 0 Å². The van der Waals surface area contributed by atoms with Gasteiger partial charge in [-0.1, -0.05) is 5.57 Å². The van der Waals surface area contributed by atoms with Crippen LogP contribution in [0.15, 0.2) is 11.1 Å². The highest BCUT2D eigenvalue weighted by Crippen LogP contribution is 2.16. The second kappa shape index (κ2) is 7.39. The van der Waals surface area contributed by atoms with Crippen molar-refractivity contribution in [2.24, 2.45) is 5.41 Å². The number of carbonyl (C=O) groups is 1. The van der Waals surface area contributed by atoms with E-state index >= 15 is 0 Å². The second-order valence-corrected chi connectivity index (χ2v) is 4.19. The Morgan fingerprint density at radius 2 is 1.53 bits per heavy atom. The molecule has 0 bridgehead atoms. The minimum atomic E-state index is -1.25. The summed E-state index contributed by atoms with van der Waals surface area (Å²) in [5.41, 5.74) is -0.495. The molecular formula is C11H20O6. The number of ether oxygens (including phenoxy) is 1. The second-order valence-electron chi connectivity index (χ2n) is 4.19. The molecule has 0 atom stereocenters. The molecule has 0 saturated carbocycles. The van der Waals surface area contributed by atoms with E-state index in [1.165, 1.54) is 0 Å². The first kappa shape index (κ1) is 16.1. The Bertz CT molecular complexity index is 267. The normalized spacial score (nSPS) is 11.2. The molecule has 4 N–H and O–H groups in total. The molecule has 6 heteroatoms. The van der Waals surface area contributed by atoms with Crippen LogP contribution in [0.2, 0.25) is 0 Å². The Balaban J connectivity index is 4.57. The van der Waals surface area contributed by atoms with Gasteiger partial charge in [-0.15, -0.1) is 0 Å². The minimum absolute atomic E-state index is 0.132. The van der Waals surface area contributed by atoms with Gasteiger partial charge in [0.1, 0.15) is 6.61 Å². The highest BCUT2D eigenvalue weighted by Gasteiger charge is 2.30. The van der Waals surface area contributed by atoms with E-state index in [2.05, 4.69) is 0 Å². The van der Waals surface area contributed by atoms with E-state index in [0.29, 0.717) is 5.57 Å². The Morgan fingerprint density at radius 1 is 1.06 bits per heavy atom. The Kier molecular flexibility index (Phi) is 6.98. The van der Waals surface area contributed by atoms with Crippen molar-refractivity contribution >= 4 is 5.97 Å². The largest absolute Gasteiger partial charge is 0.461 e. The van der Waals surface area contributed by atoms with Crippen LogP contribution in [0.4, 0.5) is 0 Å². The lowest BCUT2D eigenvalue weighted by Gasteiger charge is -2.26. The summed E-state index contributed by atoms with van der Waals surface area (Å²) in [5, 5.41) is 36.0. The first-order chi connectivity index (χ1) is 7.96. The minimum Gasteiger partial charge on any atom is -0.461 e. The summed E-state index contributed by atoms with van der Waals surface area (Å²) in [5.74, 6) is -0.716. The molecule has 0 aliphatic carbocycles. The lowest BCUT2D eigenvalue weighted by Crippen LogP contribution is -2.39. The first-order valence-electron chi connectivity index (χ1n) is 5.23. The number of aliphatic hydroxyl groups excluding tert-OH is 4. The summed E-state index contributed by atoms with van der Waals surface area (Å²) in [6.45, 7) is 1.05. The highest BCUT2D eigenvalue weighted by atomic mass is 16.5. The number of esters is 1. The summed E-state index contributed by atoms with van der Waals surface area (Å²) in [4.78, 5) is 11.5. The molecule has 0 radical (unpaired) electrons. The van der Waals surface area contributed by atoms with Crippen LogP contribution in [0, 0.1) is 5.41 Å². The fraction of sp³-hybridized carbons (Fsp3) is 0.727. The lowest BCUT2D eigenvalue weighted by molar-refractivity contribution is -0.147. The summed E-state index contributed by atoms with van der Waals surface area (Å²) in [7, 11) is 0. The zero-order chi connectivity index (χ0) is 13.5. The van der Waals surface area contributed by atoms with Gasteiger partial charge in [-0.2, -0.15) is 0 Å². The molecule has 0 saturated heterocycles. The zero-order valence-corrected chi connectivity index (χ0v) is 10.1. The van der Waals surface area contributed by atoms with Crippen LogP contribution in [0.25, 0.3) is 0 Å². The van der Waals surface area contributed by atoms with Gasteiger partial charge in [-0.25, -0.2) is 4.79 Å². The number of rotatable bonds is 7. The van der Waals surface area contributed by atoms with Crippen molar-refractivity contribution in [1.82, 2.24) is 0 Å². The van der Waals surface area contributed by atoms with E-state index in [9.17, 15) is 4.79 Å². The van der Waals surface area contributed by atoms with Gasteiger partial charge in [-0.3, -0.25) is 0 Å². The van der Waals surface area contributed by atoms with Crippen molar-refractivity contribution < 1.29 is 30.0 Å². The first-order valence-corrected chi connectivity index (χ1v) is 5.23. The summed E-state index contributed by atoms with van der Waals surface area (Å²) >= 11 is 0. The van der Waals surface area contributed by atoms with Gasteiger partial charge >= 0.3 is 5.97 Å². The fourth-order valence-electron chi connectivity index (χ4n) is 1.02. The molecular weight excluding hydrogens is 228 g/mol. The molecule has 0 aromatic rings. The van der Waals surface area contributed by atoms with Crippen molar-refractivity contribution in [3.8, 4) is 0 Å². The maximum Gasteiger partial charge on any atom is 0.336 e. The van der Waals surface area contributed by atoms with Crippen LogP contribution < -0.4 is 0 Å². The predicted octanol–water partition coefficient (Wildman–Crippen LogP) is -1.18. The number of allylic oxidation sites excluding steroid dienone is 1. The smallest absolute Gasteiger partial charge is 0.336 e. The SMILES string of the molecule is CC(C)=C(CO)C(=O)OCC(CO)(CO)CO. The molecule has 0 unspecified atom stereocenters. The Hall–Kier alpha value is -0.950. The van der Waals surface area contributed by atoms with Crippen molar-refractivity contribution in [2.45, 2.75) is 13.8 Å². The molecule has 0 amide bonds. The van der Waals surface area contributed by atoms with Gasteiger partial charge in [-0.05, 0) is 13.8 Å². The Morgan fingerprint density at radius 3 is 1.82 bits per heavy atom. The van der Waals surface area contributed by atoms with Crippen LogP contribution in [-0.4, -0.2) is 59.4 Å². The lowest BCUT2D eigenvalue weighted by atomic mass is 9.92. The predicted molar refractivity (Wildman–Crippen MR) is 60.1 cm³/mol. The monoisotopic (exact) mass is 248 g/mol. The molecule has 0 aromatic carbocycles. The standard InChI is InChI=1S/C11H20O6/c1-8(2)9(3-12)10(16)17-7-11(4-13,5-14)6-15/h12-15H,3-7H2,1-2H3. The molecule has 0 spiro atoms. The topological polar surface area (TPSA) is 107 Å². The van der Waals surface area contributed by atoms with Crippen LogP contribution in [-0.2, 0) is 9.53 Å². The van der Waals surface area contributed by atoms with E-state index in [-0.39, 0.29) is 12.2 Å². The molecule has 0 aliphatic heterocycles. The Labute approximate surface area is 100 Å². The van der Waals surface area contributed by atoms with Gasteiger partial charge in [0.05, 0.1) is 37.4 Å². The maximum absolute atomic E-state index is 11.5. The van der Waals surface area contributed by atoms with Crippen LogP contribution in [0.5, 0.6) is 0 Å². The molecule has 100 valence electrons. The van der Waals surface area contributed by atoms with E-state index < -0.39 is 37.8 Å². The third-order valence-electron chi connectivity index (χ3n) is 2.52. The number of aliphatic hydroxyl groups is 4. The molecule has 6 nitrogen and oxygen atoms in total. The average Bonchev–Trinajstić information content (AvgIpc) is 2.32. The van der Waals surface area contributed by atoms with E-state index in [4.69, 9.17) is 25.2 Å². The average molecular weight is 248 g/mol.